The van der Waals surface area contributed by atoms with E-state index in [4.69, 9.17) is 10.5 Å². The number of fused-ring (bicyclic) bond motifs is 1. The molecule has 2 heterocycles. The van der Waals surface area contributed by atoms with Crippen LogP contribution in [0.5, 0.6) is 5.75 Å². The zero-order valence-electron chi connectivity index (χ0n) is 22.7. The third-order valence-electron chi connectivity index (χ3n) is 7.34. The molecule has 0 amide bonds. The number of aromatic nitrogens is 3. The third kappa shape index (κ3) is 7.33. The molecule has 1 aliphatic carbocycles. The topological polar surface area (TPSA) is 90.0 Å². The smallest absolute Gasteiger partial charge is 0.146 e. The van der Waals surface area contributed by atoms with E-state index >= 15 is 0 Å². The van der Waals surface area contributed by atoms with Crippen LogP contribution >= 0.6 is 0 Å². The molecule has 0 radical (unpaired) electrons. The Hall–Kier alpha value is -3.42. The number of ether oxygens (including phenoxy) is 1. The summed E-state index contributed by atoms with van der Waals surface area (Å²) in [5.74, 6) is 2.70. The van der Waals surface area contributed by atoms with Gasteiger partial charge in [0.15, 0.2) is 0 Å². The highest BCUT2D eigenvalue weighted by Crippen LogP contribution is 2.37. The van der Waals surface area contributed by atoms with Gasteiger partial charge < -0.3 is 25.7 Å². The van der Waals surface area contributed by atoms with Crippen molar-refractivity contribution >= 4 is 16.9 Å². The molecule has 2 atom stereocenters. The molecule has 4 N–H and O–H groups in total. The number of benzene rings is 1. The first-order valence-corrected chi connectivity index (χ1v) is 13.8. The normalized spacial score (nSPS) is 17.7. The van der Waals surface area contributed by atoms with Crippen molar-refractivity contribution in [2.45, 2.75) is 51.5 Å². The van der Waals surface area contributed by atoms with Crippen LogP contribution in [-0.4, -0.2) is 40.7 Å². The van der Waals surface area contributed by atoms with Gasteiger partial charge in [0.25, 0.3) is 0 Å². The van der Waals surface area contributed by atoms with E-state index in [1.54, 1.807) is 6.33 Å². The Morgan fingerprint density at radius 2 is 1.97 bits per heavy atom. The highest BCUT2D eigenvalue weighted by atomic mass is 16.5. The average molecular weight is 515 g/mol. The van der Waals surface area contributed by atoms with Crippen LogP contribution in [0.15, 0.2) is 79.5 Å². The van der Waals surface area contributed by atoms with Crippen molar-refractivity contribution in [3.05, 3.63) is 85.1 Å². The Bertz CT molecular complexity index is 1230. The Kier molecular flexibility index (Phi) is 10.1. The summed E-state index contributed by atoms with van der Waals surface area (Å²) >= 11 is 0. The van der Waals surface area contributed by atoms with Crippen molar-refractivity contribution in [1.29, 1.82) is 0 Å². The molecule has 1 saturated carbocycles. The number of rotatable bonds is 15. The fourth-order valence-corrected chi connectivity index (χ4v) is 5.33. The Morgan fingerprint density at radius 1 is 1.16 bits per heavy atom. The first kappa shape index (κ1) is 27.6. The molecule has 38 heavy (non-hydrogen) atoms. The van der Waals surface area contributed by atoms with Gasteiger partial charge in [-0.2, -0.15) is 0 Å². The van der Waals surface area contributed by atoms with Gasteiger partial charge in [-0.3, -0.25) is 0 Å². The van der Waals surface area contributed by atoms with Gasteiger partial charge in [-0.15, -0.1) is 0 Å². The van der Waals surface area contributed by atoms with E-state index in [-0.39, 0.29) is 0 Å². The molecule has 0 aliphatic heterocycles. The minimum Gasteiger partial charge on any atom is -0.458 e. The van der Waals surface area contributed by atoms with Crippen molar-refractivity contribution in [3.8, 4) is 5.75 Å². The van der Waals surface area contributed by atoms with Crippen LogP contribution in [0.1, 0.15) is 50.6 Å². The second-order valence-corrected chi connectivity index (χ2v) is 10.1. The first-order chi connectivity index (χ1) is 18.6. The molecule has 2 aromatic heterocycles. The van der Waals surface area contributed by atoms with E-state index in [2.05, 4.69) is 51.4 Å². The van der Waals surface area contributed by atoms with E-state index < -0.39 is 0 Å². The predicted octanol–water partition coefficient (Wildman–Crippen LogP) is 5.58. The third-order valence-corrected chi connectivity index (χ3v) is 7.34. The summed E-state index contributed by atoms with van der Waals surface area (Å²) in [5, 5.41) is 8.24. The lowest BCUT2D eigenvalue weighted by Gasteiger charge is -2.15. The summed E-state index contributed by atoms with van der Waals surface area (Å²) in [7, 11) is 0. The first-order valence-electron chi connectivity index (χ1n) is 13.8. The second kappa shape index (κ2) is 13.9. The van der Waals surface area contributed by atoms with Gasteiger partial charge in [0.2, 0.25) is 0 Å². The molecule has 0 saturated heterocycles. The van der Waals surface area contributed by atoms with E-state index in [0.29, 0.717) is 23.5 Å². The summed E-state index contributed by atoms with van der Waals surface area (Å²) in [5.41, 5.74) is 9.51. The number of para-hydroxylation sites is 1. The summed E-state index contributed by atoms with van der Waals surface area (Å²) in [6.07, 6.45) is 14.2. The van der Waals surface area contributed by atoms with Crippen LogP contribution in [0.2, 0.25) is 0 Å². The number of hydrogen-bond acceptors (Lipinski definition) is 6. The maximum absolute atomic E-state index is 6.17. The maximum Gasteiger partial charge on any atom is 0.146 e. The SMILES string of the molecule is C=C/C(=C\C(=C)Oc1ccccc1)CCNCCCNC[C@@H]1CC[C@H](n2cc(CC)c3c(N)ncnc32)C1. The summed E-state index contributed by atoms with van der Waals surface area (Å²) in [6.45, 7) is 14.1. The van der Waals surface area contributed by atoms with Crippen molar-refractivity contribution in [1.82, 2.24) is 25.2 Å². The lowest BCUT2D eigenvalue weighted by molar-refractivity contribution is 0.446. The highest BCUT2D eigenvalue weighted by Gasteiger charge is 2.27. The van der Waals surface area contributed by atoms with E-state index in [0.717, 1.165) is 67.8 Å². The largest absolute Gasteiger partial charge is 0.458 e. The van der Waals surface area contributed by atoms with Gasteiger partial charge in [0.1, 0.15) is 29.3 Å². The fourth-order valence-electron chi connectivity index (χ4n) is 5.33. The van der Waals surface area contributed by atoms with E-state index in [1.807, 2.05) is 42.5 Å². The quantitative estimate of drug-likeness (QED) is 0.139. The van der Waals surface area contributed by atoms with Crippen LogP contribution < -0.4 is 21.1 Å². The van der Waals surface area contributed by atoms with Crippen LogP contribution in [0, 0.1) is 5.92 Å². The number of nitrogens with zero attached hydrogens (tertiary/aromatic N) is 3. The van der Waals surface area contributed by atoms with Gasteiger partial charge >= 0.3 is 0 Å². The molecule has 3 aromatic rings. The Balaban J connectivity index is 1.11. The molecule has 202 valence electrons. The number of aryl methyl sites for hydroxylation is 1. The molecule has 1 aromatic carbocycles. The van der Waals surface area contributed by atoms with Crippen molar-refractivity contribution < 1.29 is 4.74 Å². The van der Waals surface area contributed by atoms with Gasteiger partial charge in [0, 0.05) is 12.2 Å². The lowest BCUT2D eigenvalue weighted by Crippen LogP contribution is -2.26. The summed E-state index contributed by atoms with van der Waals surface area (Å²) in [6, 6.07) is 10.2. The predicted molar refractivity (Wildman–Crippen MR) is 157 cm³/mol. The molecule has 7 nitrogen and oxygen atoms in total. The van der Waals surface area contributed by atoms with Crippen LogP contribution in [-0.2, 0) is 6.42 Å². The highest BCUT2D eigenvalue weighted by molar-refractivity contribution is 5.89. The summed E-state index contributed by atoms with van der Waals surface area (Å²) in [4.78, 5) is 8.78. The minimum absolute atomic E-state index is 0.488. The fraction of sp³-hybridized carbons (Fsp3) is 0.419. The average Bonchev–Trinajstić information content (AvgIpc) is 3.55. The minimum atomic E-state index is 0.488. The molecular weight excluding hydrogens is 472 g/mol. The monoisotopic (exact) mass is 514 g/mol. The lowest BCUT2D eigenvalue weighted by atomic mass is 10.1. The molecule has 0 spiro atoms. The summed E-state index contributed by atoms with van der Waals surface area (Å²) < 4.78 is 8.12. The molecular formula is C31H42N6O. The molecule has 7 heteroatoms. The van der Waals surface area contributed by atoms with E-state index in [1.165, 1.54) is 24.8 Å². The van der Waals surface area contributed by atoms with E-state index in [9.17, 15) is 0 Å². The van der Waals surface area contributed by atoms with Crippen LogP contribution in [0.25, 0.3) is 11.0 Å². The molecule has 0 unspecified atom stereocenters. The number of nitrogens with one attached hydrogen (secondary N) is 2. The number of anilines is 1. The molecule has 4 rings (SSSR count). The van der Waals surface area contributed by atoms with Gasteiger partial charge in [-0.25, -0.2) is 9.97 Å². The van der Waals surface area contributed by atoms with Crippen molar-refractivity contribution in [2.24, 2.45) is 5.92 Å². The van der Waals surface area contributed by atoms with Crippen LogP contribution in [0.3, 0.4) is 0 Å². The Morgan fingerprint density at radius 3 is 2.76 bits per heavy atom. The molecule has 1 aliphatic rings. The van der Waals surface area contributed by atoms with Crippen molar-refractivity contribution in [3.63, 3.8) is 0 Å². The van der Waals surface area contributed by atoms with Gasteiger partial charge in [-0.1, -0.05) is 44.4 Å². The number of nitrogens with two attached hydrogens (primary N) is 1. The number of nitrogen functional groups attached to an aromatic ring is 1. The molecule has 0 bridgehead atoms. The van der Waals surface area contributed by atoms with Crippen molar-refractivity contribution in [2.75, 3.05) is 31.9 Å². The second-order valence-electron chi connectivity index (χ2n) is 10.1. The van der Waals surface area contributed by atoms with Crippen LogP contribution in [0.4, 0.5) is 5.82 Å². The molecule has 1 fully saturated rings. The zero-order valence-corrected chi connectivity index (χ0v) is 22.7. The number of hydrogen-bond donors (Lipinski definition) is 3. The van der Waals surface area contributed by atoms with Gasteiger partial charge in [0.05, 0.1) is 5.39 Å². The number of allylic oxidation sites excluding steroid dienone is 2. The Labute approximate surface area is 226 Å². The standard InChI is InChI=1S/C31H42N6O/c1-4-24(18-23(3)38-28-10-7-6-8-11-28)14-17-33-15-9-16-34-20-25-12-13-27(19-25)37-21-26(5-2)29-30(32)35-22-36-31(29)37/h4,6-8,10-11,18,21-22,25,27,33-34H,1,3,5,9,12-17,19-20H2,2H3,(H2,32,35,36)/b24-18+/t25-,27+/m1/s1. The zero-order chi connectivity index (χ0) is 26.7. The van der Waals surface area contributed by atoms with Gasteiger partial charge in [-0.05, 0) is 100.0 Å². The maximum atomic E-state index is 6.17.